The van der Waals surface area contributed by atoms with Crippen LogP contribution in [0.15, 0.2) is 121 Å². The quantitative estimate of drug-likeness (QED) is 0.180. The van der Waals surface area contributed by atoms with E-state index in [9.17, 15) is 25.5 Å². The van der Waals surface area contributed by atoms with Crippen molar-refractivity contribution < 1.29 is 35.0 Å². The van der Waals surface area contributed by atoms with Crippen LogP contribution in [-0.2, 0) is 10.2 Å². The third-order valence-corrected chi connectivity index (χ3v) is 9.55. The molecular weight excluding hydrogens is 580 g/mol. The number of hydrogen-bond acceptors (Lipinski definition) is 7. The second kappa shape index (κ2) is 10.9. The molecule has 7 nitrogen and oxygen atoms in total. The fourth-order valence-corrected chi connectivity index (χ4v) is 7.32. The molecule has 1 aliphatic heterocycles. The second-order valence-electron chi connectivity index (χ2n) is 12.1. The fourth-order valence-electron chi connectivity index (χ4n) is 7.32. The Morgan fingerprint density at radius 2 is 1.13 bits per heavy atom. The normalized spacial score (nSPS) is 23.3. The van der Waals surface area contributed by atoms with Crippen LogP contribution in [0.4, 0.5) is 0 Å². The summed E-state index contributed by atoms with van der Waals surface area (Å²) >= 11 is 0. The standard InChI is InChI=1S/C39H32O7/c40-21-34-35(42)36(43)37(44)38(46-34)45-29-16-12-23-18-27(14-10-25(23)20-29)39(26-13-9-24-19-28(41)15-11-22(24)17-26)32-7-3-1-5-30(32)31-6-2-4-8-33(31)39/h1-20,34-38,40-44H,21H2/t34-,35-,36+,37-,38?/m1/s1. The Morgan fingerprint density at radius 1 is 0.587 bits per heavy atom. The molecule has 1 heterocycles. The number of hydrogen-bond donors (Lipinski definition) is 5. The number of rotatable bonds is 5. The topological polar surface area (TPSA) is 120 Å². The largest absolute Gasteiger partial charge is 0.508 e. The minimum absolute atomic E-state index is 0.232. The van der Waals surface area contributed by atoms with Crippen molar-refractivity contribution in [2.75, 3.05) is 6.61 Å². The molecule has 5 atom stereocenters. The molecule has 0 aromatic heterocycles. The van der Waals surface area contributed by atoms with Gasteiger partial charge in [0.15, 0.2) is 0 Å². The van der Waals surface area contributed by atoms with Crippen LogP contribution in [0.2, 0.25) is 0 Å². The van der Waals surface area contributed by atoms with Crippen molar-refractivity contribution in [2.24, 2.45) is 0 Å². The van der Waals surface area contributed by atoms with Gasteiger partial charge in [0.25, 0.3) is 0 Å². The van der Waals surface area contributed by atoms with Gasteiger partial charge in [-0.15, -0.1) is 0 Å². The summed E-state index contributed by atoms with van der Waals surface area (Å²) in [5.74, 6) is 0.643. The summed E-state index contributed by atoms with van der Waals surface area (Å²) in [5.41, 5.74) is 6.36. The number of aliphatic hydroxyl groups is 4. The van der Waals surface area contributed by atoms with Crippen LogP contribution < -0.4 is 4.74 Å². The van der Waals surface area contributed by atoms with E-state index in [0.717, 1.165) is 32.7 Å². The van der Waals surface area contributed by atoms with Crippen molar-refractivity contribution in [3.05, 3.63) is 144 Å². The third kappa shape index (κ3) is 4.32. The first kappa shape index (κ1) is 28.7. The first-order valence-corrected chi connectivity index (χ1v) is 15.3. The molecule has 1 fully saturated rings. The Balaban J connectivity index is 1.26. The molecule has 5 N–H and O–H groups in total. The summed E-state index contributed by atoms with van der Waals surface area (Å²) in [7, 11) is 0. The van der Waals surface area contributed by atoms with Crippen LogP contribution in [0.25, 0.3) is 32.7 Å². The number of aliphatic hydroxyl groups excluding tert-OH is 4. The number of phenols is 1. The Kier molecular flexibility index (Phi) is 6.83. The molecule has 1 saturated heterocycles. The molecule has 1 aliphatic carbocycles. The zero-order valence-corrected chi connectivity index (χ0v) is 24.7. The maximum absolute atomic E-state index is 10.5. The molecule has 2 aliphatic rings. The summed E-state index contributed by atoms with van der Waals surface area (Å²) in [6.07, 6.45) is -6.79. The van der Waals surface area contributed by atoms with Crippen LogP contribution in [0.5, 0.6) is 11.5 Å². The first-order chi connectivity index (χ1) is 22.4. The van der Waals surface area contributed by atoms with Crippen molar-refractivity contribution in [3.8, 4) is 22.6 Å². The maximum Gasteiger partial charge on any atom is 0.229 e. The molecule has 1 unspecified atom stereocenters. The van der Waals surface area contributed by atoms with Gasteiger partial charge in [-0.2, -0.15) is 0 Å². The highest BCUT2D eigenvalue weighted by molar-refractivity contribution is 5.92. The SMILES string of the molecule is OC[C@H]1OC(Oc2ccc3cc(C4(c5ccc6cc(O)ccc6c5)c5ccccc5-c5ccccc54)ccc3c2)[C@H](O)[C@@H](O)[C@@H]1O. The molecule has 7 heteroatoms. The van der Waals surface area contributed by atoms with Crippen LogP contribution in [0, 0.1) is 0 Å². The van der Waals surface area contributed by atoms with E-state index in [2.05, 4.69) is 84.9 Å². The van der Waals surface area contributed by atoms with Gasteiger partial charge in [0.1, 0.15) is 35.9 Å². The van der Waals surface area contributed by atoms with E-state index < -0.39 is 42.7 Å². The van der Waals surface area contributed by atoms with Gasteiger partial charge in [-0.1, -0.05) is 84.9 Å². The highest BCUT2D eigenvalue weighted by atomic mass is 16.7. The Bertz CT molecular complexity index is 2060. The monoisotopic (exact) mass is 612 g/mol. The van der Waals surface area contributed by atoms with Gasteiger partial charge in [0, 0.05) is 0 Å². The predicted molar refractivity (Wildman–Crippen MR) is 175 cm³/mol. The summed E-state index contributed by atoms with van der Waals surface area (Å²) in [4.78, 5) is 0. The molecule has 46 heavy (non-hydrogen) atoms. The molecule has 6 aromatic carbocycles. The summed E-state index contributed by atoms with van der Waals surface area (Å²) in [6, 6.07) is 40.9. The van der Waals surface area contributed by atoms with E-state index in [1.165, 1.54) is 22.3 Å². The molecular formula is C39H32O7. The lowest BCUT2D eigenvalue weighted by Gasteiger charge is -2.39. The number of phenolic OH excluding ortho intramolecular Hbond substituents is 1. The van der Waals surface area contributed by atoms with Gasteiger partial charge in [0.05, 0.1) is 12.0 Å². The average molecular weight is 613 g/mol. The summed E-state index contributed by atoms with van der Waals surface area (Å²) in [5, 5.41) is 54.3. The Hall–Kier alpha value is -4.76. The number of ether oxygens (including phenoxy) is 2. The molecule has 0 amide bonds. The second-order valence-corrected chi connectivity index (χ2v) is 12.1. The Morgan fingerprint density at radius 3 is 1.76 bits per heavy atom. The summed E-state index contributed by atoms with van der Waals surface area (Å²) < 4.78 is 11.5. The third-order valence-electron chi connectivity index (χ3n) is 9.55. The highest BCUT2D eigenvalue weighted by Gasteiger charge is 2.47. The van der Waals surface area contributed by atoms with E-state index in [4.69, 9.17) is 9.47 Å². The number of aromatic hydroxyl groups is 1. The van der Waals surface area contributed by atoms with E-state index in [0.29, 0.717) is 5.75 Å². The average Bonchev–Trinajstić information content (AvgIpc) is 3.39. The van der Waals surface area contributed by atoms with Crippen LogP contribution >= 0.6 is 0 Å². The molecule has 6 aromatic rings. The molecule has 0 radical (unpaired) electrons. The van der Waals surface area contributed by atoms with E-state index in [-0.39, 0.29) is 5.75 Å². The molecule has 0 spiro atoms. The van der Waals surface area contributed by atoms with Crippen molar-refractivity contribution in [1.82, 2.24) is 0 Å². The fraction of sp³-hybridized carbons (Fsp3) is 0.179. The lowest BCUT2D eigenvalue weighted by molar-refractivity contribution is -0.277. The van der Waals surface area contributed by atoms with Gasteiger partial charge in [0.2, 0.25) is 6.29 Å². The van der Waals surface area contributed by atoms with Crippen LogP contribution in [0.1, 0.15) is 22.3 Å². The van der Waals surface area contributed by atoms with E-state index in [1.807, 2.05) is 18.2 Å². The minimum atomic E-state index is -1.52. The lowest BCUT2D eigenvalue weighted by atomic mass is 9.67. The number of fused-ring (bicyclic) bond motifs is 5. The summed E-state index contributed by atoms with van der Waals surface area (Å²) in [6.45, 7) is -0.529. The van der Waals surface area contributed by atoms with Crippen LogP contribution in [0.3, 0.4) is 0 Å². The maximum atomic E-state index is 10.5. The van der Waals surface area contributed by atoms with Gasteiger partial charge in [-0.05, 0) is 91.3 Å². The van der Waals surface area contributed by atoms with E-state index in [1.54, 1.807) is 18.2 Å². The molecule has 0 saturated carbocycles. The van der Waals surface area contributed by atoms with Crippen molar-refractivity contribution in [1.29, 1.82) is 0 Å². The van der Waals surface area contributed by atoms with Gasteiger partial charge in [-0.25, -0.2) is 0 Å². The smallest absolute Gasteiger partial charge is 0.229 e. The predicted octanol–water partition coefficient (Wildman–Crippen LogP) is 5.24. The zero-order valence-electron chi connectivity index (χ0n) is 24.7. The van der Waals surface area contributed by atoms with Gasteiger partial charge < -0.3 is 35.0 Å². The van der Waals surface area contributed by atoms with Crippen molar-refractivity contribution in [2.45, 2.75) is 36.1 Å². The zero-order chi connectivity index (χ0) is 31.6. The highest BCUT2D eigenvalue weighted by Crippen LogP contribution is 2.56. The van der Waals surface area contributed by atoms with Gasteiger partial charge in [-0.3, -0.25) is 0 Å². The Labute approximate surface area is 265 Å². The molecule has 230 valence electrons. The lowest BCUT2D eigenvalue weighted by Crippen LogP contribution is -2.60. The first-order valence-electron chi connectivity index (χ1n) is 15.3. The molecule has 0 bridgehead atoms. The minimum Gasteiger partial charge on any atom is -0.508 e. The van der Waals surface area contributed by atoms with Crippen molar-refractivity contribution >= 4 is 21.5 Å². The van der Waals surface area contributed by atoms with Crippen molar-refractivity contribution in [3.63, 3.8) is 0 Å². The number of benzene rings is 6. The van der Waals surface area contributed by atoms with Crippen LogP contribution in [-0.4, -0.2) is 62.8 Å². The molecule has 8 rings (SSSR count). The van der Waals surface area contributed by atoms with Gasteiger partial charge >= 0.3 is 0 Å². The van der Waals surface area contributed by atoms with E-state index >= 15 is 0 Å².